The first kappa shape index (κ1) is 10.4. The van der Waals surface area contributed by atoms with E-state index in [1.165, 1.54) is 31.4 Å². The van der Waals surface area contributed by atoms with Crippen LogP contribution in [0, 0.1) is 5.92 Å². The van der Waals surface area contributed by atoms with Crippen molar-refractivity contribution in [3.8, 4) is 0 Å². The highest BCUT2D eigenvalue weighted by atomic mass is 32.2. The minimum Gasteiger partial charge on any atom is -0.326 e. The van der Waals surface area contributed by atoms with Crippen molar-refractivity contribution in [2.45, 2.75) is 50.8 Å². The normalized spacial score (nSPS) is 26.5. The van der Waals surface area contributed by atoms with E-state index in [0.29, 0.717) is 6.04 Å². The van der Waals surface area contributed by atoms with Gasteiger partial charge in [0.05, 0.1) is 0 Å². The van der Waals surface area contributed by atoms with Crippen LogP contribution in [0.1, 0.15) is 39.5 Å². The molecule has 1 aliphatic heterocycles. The molecule has 1 fully saturated rings. The predicted octanol–water partition coefficient (Wildman–Crippen LogP) is 2.65. The molecule has 2 heteroatoms. The summed E-state index contributed by atoms with van der Waals surface area (Å²) in [6.45, 7) is 4.52. The Morgan fingerprint density at radius 3 is 2.50 bits per heavy atom. The van der Waals surface area contributed by atoms with Crippen molar-refractivity contribution < 1.29 is 0 Å². The summed E-state index contributed by atoms with van der Waals surface area (Å²) in [5, 5.41) is 0.759. The summed E-state index contributed by atoms with van der Waals surface area (Å²) in [7, 11) is 0. The third-order valence-electron chi connectivity index (χ3n) is 2.99. The van der Waals surface area contributed by atoms with Gasteiger partial charge in [-0.15, -0.1) is 0 Å². The second kappa shape index (κ2) is 5.13. The van der Waals surface area contributed by atoms with E-state index in [4.69, 9.17) is 5.73 Å². The van der Waals surface area contributed by atoms with Crippen LogP contribution in [0.25, 0.3) is 0 Å². The van der Waals surface area contributed by atoms with Crippen LogP contribution in [0.3, 0.4) is 0 Å². The Labute approximate surface area is 80.5 Å². The Balaban J connectivity index is 2.37. The van der Waals surface area contributed by atoms with Crippen LogP contribution in [0.4, 0.5) is 0 Å². The molecule has 0 aromatic carbocycles. The molecule has 0 aromatic rings. The third-order valence-corrected chi connectivity index (χ3v) is 4.49. The van der Waals surface area contributed by atoms with Crippen LogP contribution in [-0.4, -0.2) is 17.0 Å². The molecule has 0 amide bonds. The van der Waals surface area contributed by atoms with Crippen LogP contribution in [0.5, 0.6) is 0 Å². The van der Waals surface area contributed by atoms with Gasteiger partial charge in [-0.1, -0.05) is 26.7 Å². The third kappa shape index (κ3) is 2.40. The maximum Gasteiger partial charge on any atom is 0.0202 e. The van der Waals surface area contributed by atoms with Crippen LogP contribution in [-0.2, 0) is 0 Å². The molecular formula is C10H21NS. The quantitative estimate of drug-likeness (QED) is 0.732. The fraction of sp³-hybridized carbons (Fsp3) is 1.00. The second-order valence-electron chi connectivity index (χ2n) is 3.71. The van der Waals surface area contributed by atoms with E-state index >= 15 is 0 Å². The number of thioether (sulfide) groups is 1. The number of nitrogens with two attached hydrogens (primary N) is 1. The van der Waals surface area contributed by atoms with Crippen LogP contribution in [0.15, 0.2) is 0 Å². The molecule has 2 N–H and O–H groups in total. The zero-order valence-electron chi connectivity index (χ0n) is 8.25. The lowest BCUT2D eigenvalue weighted by atomic mass is 9.91. The van der Waals surface area contributed by atoms with Gasteiger partial charge in [-0.25, -0.2) is 0 Å². The molecule has 0 saturated carbocycles. The van der Waals surface area contributed by atoms with E-state index in [9.17, 15) is 0 Å². The number of hydrogen-bond acceptors (Lipinski definition) is 2. The van der Waals surface area contributed by atoms with Crippen molar-refractivity contribution >= 4 is 11.8 Å². The molecule has 72 valence electrons. The minimum absolute atomic E-state index is 0.451. The van der Waals surface area contributed by atoms with Gasteiger partial charge in [-0.3, -0.25) is 0 Å². The molecular weight excluding hydrogens is 166 g/mol. The van der Waals surface area contributed by atoms with E-state index in [0.717, 1.165) is 11.2 Å². The Bertz CT molecular complexity index is 115. The Hall–Kier alpha value is 0.310. The summed E-state index contributed by atoms with van der Waals surface area (Å²) in [4.78, 5) is 0. The summed E-state index contributed by atoms with van der Waals surface area (Å²) >= 11 is 2.08. The van der Waals surface area contributed by atoms with Gasteiger partial charge in [0.15, 0.2) is 0 Å². The van der Waals surface area contributed by atoms with Crippen LogP contribution < -0.4 is 5.73 Å². The number of hydrogen-bond donors (Lipinski definition) is 1. The van der Waals surface area contributed by atoms with Gasteiger partial charge in [0, 0.05) is 11.3 Å². The zero-order chi connectivity index (χ0) is 8.97. The van der Waals surface area contributed by atoms with E-state index in [1.807, 2.05) is 0 Å². The summed E-state index contributed by atoms with van der Waals surface area (Å²) < 4.78 is 0. The Kier molecular flexibility index (Phi) is 4.44. The van der Waals surface area contributed by atoms with Crippen molar-refractivity contribution in [2.24, 2.45) is 11.7 Å². The molecule has 12 heavy (non-hydrogen) atoms. The average Bonchev–Trinajstić information content (AvgIpc) is 2.58. The first-order valence-corrected chi connectivity index (χ1v) is 6.21. The van der Waals surface area contributed by atoms with Gasteiger partial charge < -0.3 is 5.73 Å². The highest BCUT2D eigenvalue weighted by Crippen LogP contribution is 2.32. The molecule has 1 nitrogen and oxygen atoms in total. The standard InChI is InChI=1S/C10H21NS/c1-3-8(4-2)10(11)9-6-5-7-12-9/h8-10H,3-7,11H2,1-2H3. The molecule has 2 unspecified atom stereocenters. The summed E-state index contributed by atoms with van der Waals surface area (Å²) in [6.07, 6.45) is 5.22. The average molecular weight is 187 g/mol. The number of rotatable bonds is 4. The summed E-state index contributed by atoms with van der Waals surface area (Å²) in [5.41, 5.74) is 6.22. The van der Waals surface area contributed by atoms with Crippen molar-refractivity contribution in [3.63, 3.8) is 0 Å². The van der Waals surface area contributed by atoms with Gasteiger partial charge in [0.25, 0.3) is 0 Å². The first-order valence-electron chi connectivity index (χ1n) is 5.16. The molecule has 1 rings (SSSR count). The van der Waals surface area contributed by atoms with Gasteiger partial charge >= 0.3 is 0 Å². The van der Waals surface area contributed by atoms with Crippen molar-refractivity contribution in [2.75, 3.05) is 5.75 Å². The van der Waals surface area contributed by atoms with E-state index in [-0.39, 0.29) is 0 Å². The lowest BCUT2D eigenvalue weighted by molar-refractivity contribution is 0.382. The summed E-state index contributed by atoms with van der Waals surface area (Å²) in [5.74, 6) is 2.08. The molecule has 0 bridgehead atoms. The molecule has 2 atom stereocenters. The smallest absolute Gasteiger partial charge is 0.0202 e. The lowest BCUT2D eigenvalue weighted by Crippen LogP contribution is -2.38. The molecule has 1 saturated heterocycles. The van der Waals surface area contributed by atoms with E-state index in [1.54, 1.807) is 0 Å². The minimum atomic E-state index is 0.451. The molecule has 1 aliphatic rings. The molecule has 1 heterocycles. The SMILES string of the molecule is CCC(CC)C(N)C1CCCS1. The van der Waals surface area contributed by atoms with Crippen LogP contribution >= 0.6 is 11.8 Å². The fourth-order valence-corrected chi connectivity index (χ4v) is 3.46. The molecule has 0 aliphatic carbocycles. The first-order chi connectivity index (χ1) is 5.79. The highest BCUT2D eigenvalue weighted by molar-refractivity contribution is 8.00. The maximum absolute atomic E-state index is 6.22. The van der Waals surface area contributed by atoms with E-state index in [2.05, 4.69) is 25.6 Å². The van der Waals surface area contributed by atoms with Crippen molar-refractivity contribution in [1.29, 1.82) is 0 Å². The Morgan fingerprint density at radius 1 is 1.42 bits per heavy atom. The predicted molar refractivity (Wildman–Crippen MR) is 57.5 cm³/mol. The fourth-order valence-electron chi connectivity index (χ4n) is 2.04. The molecule has 0 radical (unpaired) electrons. The lowest BCUT2D eigenvalue weighted by Gasteiger charge is -2.26. The van der Waals surface area contributed by atoms with Crippen molar-refractivity contribution in [1.82, 2.24) is 0 Å². The largest absolute Gasteiger partial charge is 0.326 e. The topological polar surface area (TPSA) is 26.0 Å². The van der Waals surface area contributed by atoms with E-state index < -0.39 is 0 Å². The maximum atomic E-state index is 6.22. The zero-order valence-corrected chi connectivity index (χ0v) is 9.07. The highest BCUT2D eigenvalue weighted by Gasteiger charge is 2.26. The Morgan fingerprint density at radius 2 is 2.08 bits per heavy atom. The van der Waals surface area contributed by atoms with Crippen molar-refractivity contribution in [3.05, 3.63) is 0 Å². The van der Waals surface area contributed by atoms with Crippen LogP contribution in [0.2, 0.25) is 0 Å². The van der Waals surface area contributed by atoms with Gasteiger partial charge in [0.1, 0.15) is 0 Å². The second-order valence-corrected chi connectivity index (χ2v) is 5.05. The molecule has 0 spiro atoms. The summed E-state index contributed by atoms with van der Waals surface area (Å²) in [6, 6.07) is 0.451. The molecule has 0 aromatic heterocycles. The van der Waals surface area contributed by atoms with Gasteiger partial charge in [-0.05, 0) is 24.5 Å². The monoisotopic (exact) mass is 187 g/mol. The van der Waals surface area contributed by atoms with Gasteiger partial charge in [0.2, 0.25) is 0 Å². The van der Waals surface area contributed by atoms with Gasteiger partial charge in [-0.2, -0.15) is 11.8 Å².